The van der Waals surface area contributed by atoms with Crippen LogP contribution in [0.5, 0.6) is 0 Å². The van der Waals surface area contributed by atoms with Crippen molar-refractivity contribution in [2.24, 2.45) is 0 Å². The quantitative estimate of drug-likeness (QED) is 0.906. The number of carbonyl (C=O) groups is 1. The molecule has 0 bridgehead atoms. The van der Waals surface area contributed by atoms with Gasteiger partial charge in [-0.15, -0.1) is 0 Å². The molecule has 0 aliphatic carbocycles. The van der Waals surface area contributed by atoms with E-state index in [0.29, 0.717) is 5.69 Å². The fourth-order valence-corrected chi connectivity index (χ4v) is 3.46. The summed E-state index contributed by atoms with van der Waals surface area (Å²) in [6.07, 6.45) is 0. The lowest BCUT2D eigenvalue weighted by molar-refractivity contribution is 0.0696. The molecule has 0 aliphatic rings. The zero-order chi connectivity index (χ0) is 14.9. The van der Waals surface area contributed by atoms with Gasteiger partial charge in [-0.2, -0.15) is 0 Å². The van der Waals surface area contributed by atoms with Crippen LogP contribution in [0.4, 0.5) is 0 Å². The second-order valence-corrected chi connectivity index (χ2v) is 6.25. The molecule has 0 fully saturated rings. The van der Waals surface area contributed by atoms with Gasteiger partial charge in [0.25, 0.3) is 0 Å². The molecule has 1 heterocycles. The van der Waals surface area contributed by atoms with Crippen molar-refractivity contribution < 1.29 is 22.9 Å². The Morgan fingerprint density at radius 3 is 2.55 bits per heavy atom. The predicted molar refractivity (Wildman–Crippen MR) is 68.1 cm³/mol. The summed E-state index contributed by atoms with van der Waals surface area (Å²) in [5, 5.41) is 16.1. The summed E-state index contributed by atoms with van der Waals surface area (Å²) in [7, 11) is -3.72. The normalized spacial score (nSPS) is 11.5. The molecule has 1 aromatic carbocycles. The van der Waals surface area contributed by atoms with Crippen LogP contribution in [-0.4, -0.2) is 29.8 Å². The van der Waals surface area contributed by atoms with Gasteiger partial charge in [0.2, 0.25) is 0 Å². The van der Waals surface area contributed by atoms with Crippen LogP contribution in [0.2, 0.25) is 0 Å². The Kier molecular flexibility index (Phi) is 3.58. The monoisotopic (exact) mass is 296 g/mol. The molecule has 0 atom stereocenters. The molecular formula is C12H12N2O5S. The number of aromatic carboxylic acids is 1. The maximum Gasteiger partial charge on any atom is 0.335 e. The van der Waals surface area contributed by atoms with Crippen LogP contribution in [0.1, 0.15) is 27.3 Å². The highest BCUT2D eigenvalue weighted by Gasteiger charge is 2.23. The van der Waals surface area contributed by atoms with Crippen molar-refractivity contribution in [3.63, 3.8) is 0 Å². The Morgan fingerprint density at radius 2 is 2.00 bits per heavy atom. The molecule has 7 nitrogen and oxygen atoms in total. The molecule has 1 aromatic heterocycles. The Bertz CT molecular complexity index is 764. The van der Waals surface area contributed by atoms with E-state index < -0.39 is 15.8 Å². The predicted octanol–water partition coefficient (Wildman–Crippen LogP) is 1.36. The van der Waals surface area contributed by atoms with Crippen molar-refractivity contribution in [3.05, 3.63) is 40.7 Å². The van der Waals surface area contributed by atoms with Gasteiger partial charge in [-0.25, -0.2) is 17.8 Å². The maximum atomic E-state index is 12.3. The molecule has 2 aromatic rings. The first-order valence-electron chi connectivity index (χ1n) is 5.66. The summed E-state index contributed by atoms with van der Waals surface area (Å²) in [5.41, 5.74) is 0.765. The number of hydrogen-bond donors (Lipinski definition) is 1. The van der Waals surface area contributed by atoms with E-state index in [1.807, 2.05) is 0 Å². The van der Waals surface area contributed by atoms with Crippen LogP contribution in [0, 0.1) is 13.8 Å². The Hall–Kier alpha value is -2.22. The average Bonchev–Trinajstić information content (AvgIpc) is 2.74. The molecule has 0 radical (unpaired) electrons. The second-order valence-electron chi connectivity index (χ2n) is 4.29. The highest BCUT2D eigenvalue weighted by molar-refractivity contribution is 7.90. The molecule has 1 N–H and O–H groups in total. The van der Waals surface area contributed by atoms with Gasteiger partial charge in [0.05, 0.1) is 10.5 Å². The summed E-state index contributed by atoms with van der Waals surface area (Å²) in [5.74, 6) is -1.55. The summed E-state index contributed by atoms with van der Waals surface area (Å²) < 4.78 is 29.2. The Morgan fingerprint density at radius 1 is 1.30 bits per heavy atom. The van der Waals surface area contributed by atoms with Crippen molar-refractivity contribution in [2.75, 3.05) is 0 Å². The molecule has 0 aliphatic heterocycles. The molecule has 20 heavy (non-hydrogen) atoms. The molecule has 8 heteroatoms. The number of benzene rings is 1. The molecule has 106 valence electrons. The number of carboxylic acid groups (broad SMARTS) is 1. The second kappa shape index (κ2) is 5.04. The van der Waals surface area contributed by atoms with Gasteiger partial charge in [0.1, 0.15) is 17.1 Å². The lowest BCUT2D eigenvalue weighted by Gasteiger charge is -2.08. The summed E-state index contributed by atoms with van der Waals surface area (Å²) >= 11 is 0. The van der Waals surface area contributed by atoms with Gasteiger partial charge in [-0.3, -0.25) is 0 Å². The maximum absolute atomic E-state index is 12.3. The molecule has 0 saturated carbocycles. The third-order valence-electron chi connectivity index (χ3n) is 2.92. The molecule has 0 unspecified atom stereocenters. The highest BCUT2D eigenvalue weighted by Crippen LogP contribution is 2.23. The summed E-state index contributed by atoms with van der Waals surface area (Å²) in [6, 6.07) is 4.14. The van der Waals surface area contributed by atoms with Gasteiger partial charge >= 0.3 is 5.97 Å². The average molecular weight is 296 g/mol. The van der Waals surface area contributed by atoms with Gasteiger partial charge in [0, 0.05) is 0 Å². The fraction of sp³-hybridized carbons (Fsp3) is 0.250. The minimum Gasteiger partial charge on any atom is -0.478 e. The van der Waals surface area contributed by atoms with Gasteiger partial charge < -0.3 is 5.11 Å². The number of nitrogens with zero attached hydrogens (tertiary/aromatic N) is 2. The van der Waals surface area contributed by atoms with Crippen LogP contribution in [0.15, 0.2) is 27.7 Å². The third kappa shape index (κ3) is 2.55. The molecular weight excluding hydrogens is 284 g/mol. The van der Waals surface area contributed by atoms with E-state index in [2.05, 4.69) is 14.9 Å². The van der Waals surface area contributed by atoms with E-state index in [-0.39, 0.29) is 27.5 Å². The van der Waals surface area contributed by atoms with E-state index in [0.717, 1.165) is 0 Å². The minimum absolute atomic E-state index is 0.0280. The van der Waals surface area contributed by atoms with Crippen molar-refractivity contribution in [1.82, 2.24) is 10.3 Å². The van der Waals surface area contributed by atoms with E-state index in [9.17, 15) is 13.2 Å². The van der Waals surface area contributed by atoms with E-state index in [1.54, 1.807) is 6.92 Å². The van der Waals surface area contributed by atoms with Gasteiger partial charge in [0.15, 0.2) is 9.84 Å². The zero-order valence-electron chi connectivity index (χ0n) is 10.8. The standard InChI is InChI=1S/C12H12N2O5S/c1-7-9(12(15)16)4-3-5-11(7)20(17,18)6-10-8(2)13-19-14-10/h3-5H,6H2,1-2H3,(H,15,16). The first-order valence-corrected chi connectivity index (χ1v) is 7.32. The topological polar surface area (TPSA) is 110 Å². The first-order chi connectivity index (χ1) is 9.33. The summed E-state index contributed by atoms with van der Waals surface area (Å²) in [6.45, 7) is 3.05. The van der Waals surface area contributed by atoms with Crippen LogP contribution < -0.4 is 0 Å². The molecule has 0 saturated heterocycles. The van der Waals surface area contributed by atoms with Crippen LogP contribution >= 0.6 is 0 Å². The Labute approximate surface area is 115 Å². The lowest BCUT2D eigenvalue weighted by Crippen LogP contribution is -2.11. The molecule has 0 spiro atoms. The molecule has 2 rings (SSSR count). The largest absolute Gasteiger partial charge is 0.478 e. The fourth-order valence-electron chi connectivity index (χ4n) is 1.82. The highest BCUT2D eigenvalue weighted by atomic mass is 32.2. The minimum atomic E-state index is -3.72. The first kappa shape index (κ1) is 14.2. The van der Waals surface area contributed by atoms with Gasteiger partial charge in [-0.05, 0) is 31.5 Å². The summed E-state index contributed by atoms with van der Waals surface area (Å²) in [4.78, 5) is 11.0. The zero-order valence-corrected chi connectivity index (χ0v) is 11.6. The lowest BCUT2D eigenvalue weighted by atomic mass is 10.1. The number of aryl methyl sites for hydroxylation is 1. The van der Waals surface area contributed by atoms with Crippen LogP contribution in [0.3, 0.4) is 0 Å². The van der Waals surface area contributed by atoms with E-state index in [4.69, 9.17) is 5.11 Å². The smallest absolute Gasteiger partial charge is 0.335 e. The Balaban J connectivity index is 2.48. The number of sulfone groups is 1. The van der Waals surface area contributed by atoms with E-state index in [1.165, 1.54) is 25.1 Å². The molecule has 0 amide bonds. The van der Waals surface area contributed by atoms with Crippen molar-refractivity contribution in [2.45, 2.75) is 24.5 Å². The van der Waals surface area contributed by atoms with Crippen molar-refractivity contribution in [1.29, 1.82) is 0 Å². The number of rotatable bonds is 4. The number of hydrogen-bond acceptors (Lipinski definition) is 6. The third-order valence-corrected chi connectivity index (χ3v) is 4.69. The van der Waals surface area contributed by atoms with Gasteiger partial charge in [-0.1, -0.05) is 16.4 Å². The van der Waals surface area contributed by atoms with Crippen LogP contribution in [0.25, 0.3) is 0 Å². The van der Waals surface area contributed by atoms with Crippen LogP contribution in [-0.2, 0) is 15.6 Å². The van der Waals surface area contributed by atoms with E-state index >= 15 is 0 Å². The van der Waals surface area contributed by atoms with Crippen molar-refractivity contribution >= 4 is 15.8 Å². The SMILES string of the molecule is Cc1nonc1CS(=O)(=O)c1cccc(C(=O)O)c1C. The van der Waals surface area contributed by atoms with Crippen molar-refractivity contribution in [3.8, 4) is 0 Å². The number of carboxylic acids is 1. The number of aromatic nitrogens is 2.